The summed E-state index contributed by atoms with van der Waals surface area (Å²) in [6.45, 7) is 1.78. The molecule has 0 unspecified atom stereocenters. The minimum Gasteiger partial charge on any atom is -0.475 e. The van der Waals surface area contributed by atoms with E-state index in [1.54, 1.807) is 37.3 Å². The monoisotopic (exact) mass is 526 g/mol. The number of rotatable bonds is 6. The molecule has 0 atom stereocenters. The Kier molecular flexibility index (Phi) is 8.33. The number of sulfonamides is 1. The van der Waals surface area contributed by atoms with Gasteiger partial charge in [0.15, 0.2) is 0 Å². The first-order valence-corrected chi connectivity index (χ1v) is 13.1. The quantitative estimate of drug-likeness (QED) is 0.495. The zero-order valence-corrected chi connectivity index (χ0v) is 20.6. The number of halogens is 3. The highest BCUT2D eigenvalue weighted by molar-refractivity contribution is 7.92. The molecule has 2 aliphatic rings. The Morgan fingerprint density at radius 2 is 1.53 bits per heavy atom. The average molecular weight is 527 g/mol. The first-order chi connectivity index (χ1) is 16.8. The topological polar surface area (TPSA) is 113 Å². The number of aliphatic carboxylic acids is 1. The van der Waals surface area contributed by atoms with Crippen LogP contribution in [0.15, 0.2) is 53.4 Å². The predicted molar refractivity (Wildman–Crippen MR) is 128 cm³/mol. The van der Waals surface area contributed by atoms with Gasteiger partial charge in [0.1, 0.15) is 0 Å². The van der Waals surface area contributed by atoms with Crippen molar-refractivity contribution >= 4 is 27.6 Å². The number of hydrogen-bond donors (Lipinski definition) is 3. The smallest absolute Gasteiger partial charge is 0.475 e. The molecular formula is C25H29F3N2O5S. The van der Waals surface area contributed by atoms with Gasteiger partial charge in [0.05, 0.1) is 10.3 Å². The molecule has 1 amide bonds. The lowest BCUT2D eigenvalue weighted by atomic mass is 9.91. The average Bonchev–Trinajstić information content (AvgIpc) is 3.62. The highest BCUT2D eigenvalue weighted by Crippen LogP contribution is 2.49. The van der Waals surface area contributed by atoms with Crippen LogP contribution in [0.1, 0.15) is 56.1 Å². The molecule has 36 heavy (non-hydrogen) atoms. The second-order valence-electron chi connectivity index (χ2n) is 9.14. The molecule has 2 aliphatic carbocycles. The molecule has 3 N–H and O–H groups in total. The number of carboxylic acid groups (broad SMARTS) is 1. The fourth-order valence-corrected chi connectivity index (χ4v) is 5.57. The molecule has 4 rings (SSSR count). The second-order valence-corrected chi connectivity index (χ2v) is 10.8. The summed E-state index contributed by atoms with van der Waals surface area (Å²) in [5.41, 5.74) is 1.73. The number of carboxylic acids is 1. The van der Waals surface area contributed by atoms with E-state index in [9.17, 15) is 26.4 Å². The number of benzene rings is 2. The van der Waals surface area contributed by atoms with Crippen molar-refractivity contribution in [1.29, 1.82) is 0 Å². The summed E-state index contributed by atoms with van der Waals surface area (Å²) in [7, 11) is -3.64. The van der Waals surface area contributed by atoms with Crippen LogP contribution in [0, 0.1) is 6.92 Å². The van der Waals surface area contributed by atoms with Crippen molar-refractivity contribution < 1.29 is 36.3 Å². The van der Waals surface area contributed by atoms with Crippen LogP contribution in [0.2, 0.25) is 0 Å². The Morgan fingerprint density at radius 1 is 0.972 bits per heavy atom. The van der Waals surface area contributed by atoms with E-state index < -0.39 is 27.6 Å². The van der Waals surface area contributed by atoms with E-state index in [1.165, 1.54) is 19.3 Å². The zero-order valence-electron chi connectivity index (χ0n) is 19.8. The number of anilines is 1. The summed E-state index contributed by atoms with van der Waals surface area (Å²) in [5, 5.41) is 10.4. The largest absolute Gasteiger partial charge is 0.490 e. The molecule has 0 aromatic heterocycles. The normalized spacial score (nSPS) is 17.3. The third-order valence-corrected chi connectivity index (χ3v) is 7.98. The van der Waals surface area contributed by atoms with Crippen molar-refractivity contribution in [2.45, 2.75) is 74.4 Å². The molecule has 0 spiro atoms. The van der Waals surface area contributed by atoms with Crippen LogP contribution < -0.4 is 10.0 Å². The Hall–Kier alpha value is -3.08. The molecule has 0 bridgehead atoms. The summed E-state index contributed by atoms with van der Waals surface area (Å²) in [5.74, 6) is -2.63. The first-order valence-electron chi connectivity index (χ1n) is 11.7. The van der Waals surface area contributed by atoms with Crippen LogP contribution >= 0.6 is 0 Å². The molecule has 2 fully saturated rings. The maximum Gasteiger partial charge on any atom is 0.490 e. The Balaban J connectivity index is 0.000000454. The van der Waals surface area contributed by atoms with Crippen LogP contribution in [0.3, 0.4) is 0 Å². The molecule has 0 aliphatic heterocycles. The van der Waals surface area contributed by atoms with Gasteiger partial charge in [0.25, 0.3) is 10.0 Å². The summed E-state index contributed by atoms with van der Waals surface area (Å²) in [6.07, 6.45) is 2.39. The third-order valence-electron chi connectivity index (χ3n) is 6.44. The number of hydrogen-bond acceptors (Lipinski definition) is 4. The maximum atomic E-state index is 12.9. The van der Waals surface area contributed by atoms with Gasteiger partial charge in [-0.15, -0.1) is 0 Å². The lowest BCUT2D eigenvalue weighted by Gasteiger charge is -2.25. The summed E-state index contributed by atoms with van der Waals surface area (Å²) < 4.78 is 59.7. The number of nitrogens with one attached hydrogen (secondary N) is 2. The molecule has 7 nitrogen and oxygen atoms in total. The van der Waals surface area contributed by atoms with Gasteiger partial charge in [-0.3, -0.25) is 9.52 Å². The van der Waals surface area contributed by atoms with Gasteiger partial charge in [0, 0.05) is 11.7 Å². The van der Waals surface area contributed by atoms with E-state index in [2.05, 4.69) is 10.0 Å². The van der Waals surface area contributed by atoms with Crippen LogP contribution in [-0.2, 0) is 25.0 Å². The molecule has 196 valence electrons. The minimum absolute atomic E-state index is 0.123. The van der Waals surface area contributed by atoms with Crippen molar-refractivity contribution in [2.75, 3.05) is 4.72 Å². The Bertz CT molecular complexity index is 1190. The van der Waals surface area contributed by atoms with E-state index >= 15 is 0 Å². The van der Waals surface area contributed by atoms with Gasteiger partial charge in [-0.05, 0) is 61.9 Å². The van der Waals surface area contributed by atoms with Gasteiger partial charge in [-0.25, -0.2) is 13.2 Å². The molecular weight excluding hydrogens is 497 g/mol. The van der Waals surface area contributed by atoms with E-state index in [0.717, 1.165) is 31.2 Å². The van der Waals surface area contributed by atoms with E-state index in [1.807, 2.05) is 18.2 Å². The standard InChI is InChI=1S/C23H28N2O3S.C2HF3O2/c1-17-7-5-6-10-21(17)29(27,28)25-20-13-11-18(12-14-20)23(15-16-23)22(26)24-19-8-3-2-4-9-19;3-2(4,5)1(6)7/h5-7,10-14,19,25H,2-4,8-9,15-16H2,1H3,(H,24,26);(H,6,7). The number of carbonyl (C=O) groups excluding carboxylic acids is 1. The fourth-order valence-electron chi connectivity index (χ4n) is 4.27. The SMILES string of the molecule is Cc1ccccc1S(=O)(=O)Nc1ccc(C2(C(=O)NC3CCCCC3)CC2)cc1.O=C(O)C(F)(F)F. The molecule has 11 heteroatoms. The summed E-state index contributed by atoms with van der Waals surface area (Å²) in [6, 6.07) is 14.5. The molecule has 2 aromatic carbocycles. The number of carbonyl (C=O) groups is 2. The fraction of sp³-hybridized carbons (Fsp3) is 0.440. The zero-order chi connectivity index (χ0) is 26.6. The van der Waals surface area contributed by atoms with Crippen molar-refractivity contribution in [3.05, 3.63) is 59.7 Å². The van der Waals surface area contributed by atoms with E-state index in [4.69, 9.17) is 9.90 Å². The van der Waals surface area contributed by atoms with Gasteiger partial charge >= 0.3 is 12.1 Å². The molecule has 0 heterocycles. The Labute approximate surface area is 208 Å². The molecule has 0 radical (unpaired) electrons. The lowest BCUT2D eigenvalue weighted by molar-refractivity contribution is -0.192. The predicted octanol–water partition coefficient (Wildman–Crippen LogP) is 4.91. The lowest BCUT2D eigenvalue weighted by Crippen LogP contribution is -2.42. The maximum absolute atomic E-state index is 12.9. The summed E-state index contributed by atoms with van der Waals surface area (Å²) >= 11 is 0. The van der Waals surface area contributed by atoms with Crippen molar-refractivity contribution in [1.82, 2.24) is 5.32 Å². The van der Waals surface area contributed by atoms with Crippen LogP contribution in [0.5, 0.6) is 0 Å². The molecule has 0 saturated heterocycles. The van der Waals surface area contributed by atoms with Crippen LogP contribution in [-0.4, -0.2) is 37.6 Å². The molecule has 2 aromatic rings. The van der Waals surface area contributed by atoms with Crippen molar-refractivity contribution in [2.24, 2.45) is 0 Å². The Morgan fingerprint density at radius 3 is 2.03 bits per heavy atom. The van der Waals surface area contributed by atoms with E-state index in [0.29, 0.717) is 17.3 Å². The van der Waals surface area contributed by atoms with Gasteiger partial charge in [-0.1, -0.05) is 49.6 Å². The number of alkyl halides is 3. The van der Waals surface area contributed by atoms with Crippen molar-refractivity contribution in [3.63, 3.8) is 0 Å². The highest BCUT2D eigenvalue weighted by Gasteiger charge is 2.51. The van der Waals surface area contributed by atoms with Gasteiger partial charge in [-0.2, -0.15) is 13.2 Å². The van der Waals surface area contributed by atoms with Gasteiger partial charge in [0.2, 0.25) is 5.91 Å². The van der Waals surface area contributed by atoms with Gasteiger partial charge < -0.3 is 10.4 Å². The van der Waals surface area contributed by atoms with E-state index in [-0.39, 0.29) is 10.8 Å². The molecule has 2 saturated carbocycles. The number of amides is 1. The summed E-state index contributed by atoms with van der Waals surface area (Å²) in [4.78, 5) is 22.1. The second kappa shape index (κ2) is 10.9. The van der Waals surface area contributed by atoms with Crippen molar-refractivity contribution in [3.8, 4) is 0 Å². The number of aryl methyl sites for hydroxylation is 1. The first kappa shape index (κ1) is 27.5. The third kappa shape index (κ3) is 6.77. The minimum atomic E-state index is -5.08. The highest BCUT2D eigenvalue weighted by atomic mass is 32.2. The van der Waals surface area contributed by atoms with Crippen LogP contribution in [0.25, 0.3) is 0 Å². The van der Waals surface area contributed by atoms with Crippen LogP contribution in [0.4, 0.5) is 18.9 Å².